The molecule has 1 saturated heterocycles. The van der Waals surface area contributed by atoms with Crippen LogP contribution in [0.25, 0.3) is 0 Å². The zero-order chi connectivity index (χ0) is 16.2. The van der Waals surface area contributed by atoms with E-state index in [4.69, 9.17) is 0 Å². The summed E-state index contributed by atoms with van der Waals surface area (Å²) < 4.78 is 0. The maximum absolute atomic E-state index is 12.6. The van der Waals surface area contributed by atoms with Crippen LogP contribution in [0.15, 0.2) is 42.5 Å². The van der Waals surface area contributed by atoms with E-state index in [1.165, 1.54) is 5.56 Å². The lowest BCUT2D eigenvalue weighted by Gasteiger charge is -2.19. The van der Waals surface area contributed by atoms with Gasteiger partial charge in [0.15, 0.2) is 0 Å². The number of carbonyl (C=O) groups excluding carboxylic acids is 1. The van der Waals surface area contributed by atoms with Gasteiger partial charge >= 0.3 is 0 Å². The minimum absolute atomic E-state index is 0.178. The number of nitrogens with one attached hydrogen (secondary N) is 1. The molecule has 120 valence electrons. The average molecular weight is 308 g/mol. The zero-order valence-electron chi connectivity index (χ0n) is 13.9. The highest BCUT2D eigenvalue weighted by molar-refractivity contribution is 5.96. The van der Waals surface area contributed by atoms with Crippen molar-refractivity contribution in [3.8, 4) is 0 Å². The van der Waals surface area contributed by atoms with Crippen LogP contribution in [0.5, 0.6) is 0 Å². The van der Waals surface area contributed by atoms with Crippen LogP contribution in [0, 0.1) is 13.8 Å². The Morgan fingerprint density at radius 2 is 1.74 bits per heavy atom. The van der Waals surface area contributed by atoms with Crippen molar-refractivity contribution in [2.45, 2.75) is 33.2 Å². The molecule has 1 N–H and O–H groups in total. The first-order valence-electron chi connectivity index (χ1n) is 8.33. The van der Waals surface area contributed by atoms with E-state index >= 15 is 0 Å². The average Bonchev–Trinajstić information content (AvgIpc) is 3.10. The maximum atomic E-state index is 12.6. The minimum atomic E-state index is 0.178. The van der Waals surface area contributed by atoms with E-state index in [0.29, 0.717) is 0 Å². The first kappa shape index (κ1) is 15.6. The van der Waals surface area contributed by atoms with Gasteiger partial charge in [-0.25, -0.2) is 0 Å². The molecule has 0 spiro atoms. The molecule has 0 aliphatic carbocycles. The summed E-state index contributed by atoms with van der Waals surface area (Å²) in [4.78, 5) is 14.6. The summed E-state index contributed by atoms with van der Waals surface area (Å²) in [5.41, 5.74) is 5.36. The molecule has 0 unspecified atom stereocenters. The Kier molecular flexibility index (Phi) is 4.65. The van der Waals surface area contributed by atoms with Gasteiger partial charge in [-0.2, -0.15) is 0 Å². The second-order valence-corrected chi connectivity index (χ2v) is 6.32. The number of anilines is 1. The van der Waals surface area contributed by atoms with E-state index in [0.717, 1.165) is 54.9 Å². The van der Waals surface area contributed by atoms with Crippen LogP contribution >= 0.6 is 0 Å². The molecule has 1 aliphatic rings. The molecule has 2 aromatic carbocycles. The van der Waals surface area contributed by atoms with Crippen molar-refractivity contribution < 1.29 is 4.79 Å². The summed E-state index contributed by atoms with van der Waals surface area (Å²) >= 11 is 0. The second kappa shape index (κ2) is 6.86. The van der Waals surface area contributed by atoms with Gasteiger partial charge in [-0.3, -0.25) is 4.79 Å². The van der Waals surface area contributed by atoms with Gasteiger partial charge in [-0.1, -0.05) is 30.3 Å². The summed E-state index contributed by atoms with van der Waals surface area (Å²) in [6.45, 7) is 6.67. The molecule has 0 aromatic heterocycles. The SMILES string of the molecule is Cc1cc(C(=O)N2CCCC2)c(C)cc1NCc1ccccc1. The van der Waals surface area contributed by atoms with Crippen molar-refractivity contribution in [3.05, 3.63) is 64.7 Å². The summed E-state index contributed by atoms with van der Waals surface area (Å²) in [6.07, 6.45) is 2.25. The monoisotopic (exact) mass is 308 g/mol. The summed E-state index contributed by atoms with van der Waals surface area (Å²) in [5, 5.41) is 3.48. The normalized spacial score (nSPS) is 14.1. The van der Waals surface area contributed by atoms with Gasteiger partial charge < -0.3 is 10.2 Å². The van der Waals surface area contributed by atoms with Gasteiger partial charge in [0.05, 0.1) is 0 Å². The van der Waals surface area contributed by atoms with Crippen molar-refractivity contribution in [1.82, 2.24) is 4.90 Å². The smallest absolute Gasteiger partial charge is 0.254 e. The molecule has 0 saturated carbocycles. The molecule has 3 nitrogen and oxygen atoms in total. The predicted octanol–water partition coefficient (Wildman–Crippen LogP) is 4.15. The van der Waals surface area contributed by atoms with E-state index < -0.39 is 0 Å². The van der Waals surface area contributed by atoms with Gasteiger partial charge in [0, 0.05) is 30.9 Å². The first-order valence-corrected chi connectivity index (χ1v) is 8.33. The molecule has 0 radical (unpaired) electrons. The Bertz CT molecular complexity index is 688. The van der Waals surface area contributed by atoms with Crippen LogP contribution in [0.2, 0.25) is 0 Å². The minimum Gasteiger partial charge on any atom is -0.381 e. The summed E-state index contributed by atoms with van der Waals surface area (Å²) in [6, 6.07) is 14.5. The molecular formula is C20H24N2O. The van der Waals surface area contributed by atoms with Gasteiger partial charge in [-0.05, 0) is 55.5 Å². The van der Waals surface area contributed by atoms with Gasteiger partial charge in [-0.15, -0.1) is 0 Å². The van der Waals surface area contributed by atoms with E-state index in [2.05, 4.69) is 30.4 Å². The van der Waals surface area contributed by atoms with Crippen molar-refractivity contribution in [2.24, 2.45) is 0 Å². The molecule has 0 bridgehead atoms. The third kappa shape index (κ3) is 3.55. The van der Waals surface area contributed by atoms with Crippen LogP contribution in [0.1, 0.15) is 39.9 Å². The number of nitrogens with zero attached hydrogens (tertiary/aromatic N) is 1. The summed E-state index contributed by atoms with van der Waals surface area (Å²) in [7, 11) is 0. The lowest BCUT2D eigenvalue weighted by Crippen LogP contribution is -2.28. The molecule has 0 atom stereocenters. The van der Waals surface area contributed by atoms with E-state index in [1.807, 2.05) is 36.1 Å². The third-order valence-corrected chi connectivity index (χ3v) is 4.52. The Labute approximate surface area is 138 Å². The van der Waals surface area contributed by atoms with Crippen LogP contribution in [0.4, 0.5) is 5.69 Å². The molecule has 23 heavy (non-hydrogen) atoms. The predicted molar refractivity (Wildman–Crippen MR) is 94.8 cm³/mol. The van der Waals surface area contributed by atoms with Crippen LogP contribution in [-0.2, 0) is 6.54 Å². The lowest BCUT2D eigenvalue weighted by molar-refractivity contribution is 0.0792. The van der Waals surface area contributed by atoms with Gasteiger partial charge in [0.25, 0.3) is 5.91 Å². The quantitative estimate of drug-likeness (QED) is 0.920. The molecule has 1 fully saturated rings. The zero-order valence-corrected chi connectivity index (χ0v) is 13.9. The highest BCUT2D eigenvalue weighted by Crippen LogP contribution is 2.23. The molecule has 2 aromatic rings. The molecule has 1 aliphatic heterocycles. The van der Waals surface area contributed by atoms with Crippen molar-refractivity contribution in [3.63, 3.8) is 0 Å². The Balaban J connectivity index is 1.75. The van der Waals surface area contributed by atoms with E-state index in [9.17, 15) is 4.79 Å². The fraction of sp³-hybridized carbons (Fsp3) is 0.350. The fourth-order valence-corrected chi connectivity index (χ4v) is 3.12. The van der Waals surface area contributed by atoms with Gasteiger partial charge in [0.2, 0.25) is 0 Å². The fourth-order valence-electron chi connectivity index (χ4n) is 3.12. The van der Waals surface area contributed by atoms with Crippen LogP contribution < -0.4 is 5.32 Å². The van der Waals surface area contributed by atoms with Crippen molar-refractivity contribution in [1.29, 1.82) is 0 Å². The van der Waals surface area contributed by atoms with Crippen LogP contribution in [0.3, 0.4) is 0 Å². The number of carbonyl (C=O) groups is 1. The number of hydrogen-bond donors (Lipinski definition) is 1. The molecule has 1 amide bonds. The Morgan fingerprint density at radius 1 is 1.04 bits per heavy atom. The Hall–Kier alpha value is -2.29. The number of aryl methyl sites for hydroxylation is 2. The van der Waals surface area contributed by atoms with Crippen LogP contribution in [-0.4, -0.2) is 23.9 Å². The standard InChI is InChI=1S/C20H24N2O/c1-15-13-19(21-14-17-8-4-3-5-9-17)16(2)12-18(15)20(23)22-10-6-7-11-22/h3-5,8-9,12-13,21H,6-7,10-11,14H2,1-2H3. The van der Waals surface area contributed by atoms with E-state index in [1.54, 1.807) is 0 Å². The number of rotatable bonds is 4. The first-order chi connectivity index (χ1) is 11.1. The van der Waals surface area contributed by atoms with Crippen molar-refractivity contribution in [2.75, 3.05) is 18.4 Å². The topological polar surface area (TPSA) is 32.3 Å². The number of benzene rings is 2. The molecule has 1 heterocycles. The molecular weight excluding hydrogens is 284 g/mol. The number of hydrogen-bond acceptors (Lipinski definition) is 2. The lowest BCUT2D eigenvalue weighted by atomic mass is 10.0. The number of amides is 1. The number of likely N-dealkylation sites (tertiary alicyclic amines) is 1. The maximum Gasteiger partial charge on any atom is 0.254 e. The summed E-state index contributed by atoms with van der Waals surface area (Å²) in [5.74, 6) is 0.178. The third-order valence-electron chi connectivity index (χ3n) is 4.52. The van der Waals surface area contributed by atoms with Gasteiger partial charge in [0.1, 0.15) is 0 Å². The largest absolute Gasteiger partial charge is 0.381 e. The highest BCUT2D eigenvalue weighted by Gasteiger charge is 2.21. The second-order valence-electron chi connectivity index (χ2n) is 6.32. The van der Waals surface area contributed by atoms with E-state index in [-0.39, 0.29) is 5.91 Å². The molecule has 3 heteroatoms. The highest BCUT2D eigenvalue weighted by atomic mass is 16.2. The van der Waals surface area contributed by atoms with Crippen molar-refractivity contribution >= 4 is 11.6 Å². The molecule has 3 rings (SSSR count). The Morgan fingerprint density at radius 3 is 2.43 bits per heavy atom.